The molecule has 0 aliphatic rings. The minimum absolute atomic E-state index is 0.349. The van der Waals surface area contributed by atoms with Gasteiger partial charge in [-0.25, -0.2) is 4.57 Å². The molecule has 26 heavy (non-hydrogen) atoms. The van der Waals surface area contributed by atoms with Crippen molar-refractivity contribution in [3.8, 4) is 11.5 Å². The van der Waals surface area contributed by atoms with Gasteiger partial charge in [-0.2, -0.15) is 0 Å². The van der Waals surface area contributed by atoms with E-state index in [9.17, 15) is 4.57 Å². The SMILES string of the molecule is CCCCCCCCOP(=O)(Oc1ccccc1)Oc1ccccc1C. The summed E-state index contributed by atoms with van der Waals surface area (Å²) >= 11 is 0. The second-order valence-electron chi connectivity index (χ2n) is 6.31. The maximum absolute atomic E-state index is 13.2. The van der Waals surface area contributed by atoms with Crippen molar-refractivity contribution in [3.05, 3.63) is 60.2 Å². The molecule has 0 radical (unpaired) electrons. The van der Waals surface area contributed by atoms with Crippen molar-refractivity contribution in [2.45, 2.75) is 52.4 Å². The molecule has 0 aliphatic heterocycles. The van der Waals surface area contributed by atoms with E-state index in [1.165, 1.54) is 25.7 Å². The van der Waals surface area contributed by atoms with Crippen LogP contribution in [0.5, 0.6) is 11.5 Å². The van der Waals surface area contributed by atoms with Crippen LogP contribution in [0.4, 0.5) is 0 Å². The molecule has 0 saturated heterocycles. The van der Waals surface area contributed by atoms with Crippen LogP contribution in [0.1, 0.15) is 51.0 Å². The molecule has 0 spiro atoms. The monoisotopic (exact) mass is 376 g/mol. The van der Waals surface area contributed by atoms with E-state index in [1.807, 2.05) is 43.3 Å². The number of phosphoric acid groups is 1. The highest BCUT2D eigenvalue weighted by molar-refractivity contribution is 7.49. The molecule has 0 N–H and O–H groups in total. The van der Waals surface area contributed by atoms with Gasteiger partial charge in [-0.1, -0.05) is 75.4 Å². The zero-order valence-electron chi connectivity index (χ0n) is 15.7. The Balaban J connectivity index is 1.97. The highest BCUT2D eigenvalue weighted by Crippen LogP contribution is 2.50. The van der Waals surface area contributed by atoms with Gasteiger partial charge in [-0.05, 0) is 37.1 Å². The summed E-state index contributed by atoms with van der Waals surface area (Å²) in [6.45, 7) is 4.45. The third kappa shape index (κ3) is 7.23. The molecule has 0 heterocycles. The number of hydrogen-bond acceptors (Lipinski definition) is 4. The van der Waals surface area contributed by atoms with Gasteiger partial charge in [0.2, 0.25) is 0 Å². The van der Waals surface area contributed by atoms with Crippen molar-refractivity contribution in [2.24, 2.45) is 0 Å². The number of rotatable bonds is 12. The second kappa shape index (κ2) is 11.1. The van der Waals surface area contributed by atoms with Crippen LogP contribution in [0, 0.1) is 6.92 Å². The predicted molar refractivity (Wildman–Crippen MR) is 106 cm³/mol. The van der Waals surface area contributed by atoms with Gasteiger partial charge in [0.1, 0.15) is 11.5 Å². The first-order valence-corrected chi connectivity index (χ1v) is 10.8. The number of aryl methyl sites for hydroxylation is 1. The van der Waals surface area contributed by atoms with E-state index in [4.69, 9.17) is 13.6 Å². The minimum atomic E-state index is -3.75. The van der Waals surface area contributed by atoms with E-state index in [1.54, 1.807) is 18.2 Å². The molecule has 0 bridgehead atoms. The summed E-state index contributed by atoms with van der Waals surface area (Å²) in [6, 6.07) is 16.4. The van der Waals surface area contributed by atoms with Crippen molar-refractivity contribution < 1.29 is 18.1 Å². The Bertz CT molecular complexity index is 687. The molecule has 1 unspecified atom stereocenters. The molecule has 2 aromatic rings. The van der Waals surface area contributed by atoms with Gasteiger partial charge in [0.15, 0.2) is 0 Å². The van der Waals surface area contributed by atoms with E-state index < -0.39 is 7.82 Å². The van der Waals surface area contributed by atoms with E-state index in [-0.39, 0.29) is 0 Å². The molecule has 0 fully saturated rings. The molecule has 0 saturated carbocycles. The van der Waals surface area contributed by atoms with Crippen molar-refractivity contribution in [3.63, 3.8) is 0 Å². The molecule has 0 aromatic heterocycles. The second-order valence-corrected chi connectivity index (χ2v) is 7.83. The van der Waals surface area contributed by atoms with Crippen LogP contribution in [-0.2, 0) is 9.09 Å². The normalized spacial score (nSPS) is 13.2. The first-order valence-electron chi connectivity index (χ1n) is 9.37. The van der Waals surface area contributed by atoms with Crippen LogP contribution in [0.3, 0.4) is 0 Å². The van der Waals surface area contributed by atoms with Gasteiger partial charge in [-0.3, -0.25) is 4.52 Å². The fourth-order valence-corrected chi connectivity index (χ4v) is 3.84. The fourth-order valence-electron chi connectivity index (χ4n) is 2.52. The third-order valence-electron chi connectivity index (χ3n) is 4.01. The van der Waals surface area contributed by atoms with Gasteiger partial charge in [0, 0.05) is 0 Å². The van der Waals surface area contributed by atoms with Crippen LogP contribution in [0.15, 0.2) is 54.6 Å². The van der Waals surface area contributed by atoms with Crippen molar-refractivity contribution >= 4 is 7.82 Å². The van der Waals surface area contributed by atoms with Crippen molar-refractivity contribution in [1.29, 1.82) is 0 Å². The van der Waals surface area contributed by atoms with Crippen LogP contribution in [0.2, 0.25) is 0 Å². The maximum Gasteiger partial charge on any atom is 0.587 e. The summed E-state index contributed by atoms with van der Waals surface area (Å²) in [5.74, 6) is 0.974. The highest BCUT2D eigenvalue weighted by Gasteiger charge is 2.31. The van der Waals surface area contributed by atoms with Crippen LogP contribution >= 0.6 is 7.82 Å². The molecule has 4 nitrogen and oxygen atoms in total. The number of para-hydroxylation sites is 2. The van der Waals surface area contributed by atoms with Crippen molar-refractivity contribution in [1.82, 2.24) is 0 Å². The van der Waals surface area contributed by atoms with Gasteiger partial charge < -0.3 is 9.05 Å². The number of benzene rings is 2. The summed E-state index contributed by atoms with van der Waals surface area (Å²) in [4.78, 5) is 0. The number of hydrogen-bond donors (Lipinski definition) is 0. The topological polar surface area (TPSA) is 44.8 Å². The standard InChI is InChI=1S/C21H29O4P/c1-3-4-5-6-7-13-18-23-26(22,24-20-15-9-8-10-16-20)25-21-17-12-11-14-19(21)2/h8-12,14-17H,3-7,13,18H2,1-2H3. The predicted octanol–water partition coefficient (Wildman–Crippen LogP) is 6.94. The molecule has 0 amide bonds. The summed E-state index contributed by atoms with van der Waals surface area (Å²) in [5.41, 5.74) is 0.882. The minimum Gasteiger partial charge on any atom is -0.395 e. The lowest BCUT2D eigenvalue weighted by atomic mass is 10.1. The zero-order valence-corrected chi connectivity index (χ0v) is 16.6. The molecule has 0 aliphatic carbocycles. The lowest BCUT2D eigenvalue weighted by molar-refractivity contribution is 0.205. The fraction of sp³-hybridized carbons (Fsp3) is 0.429. The highest BCUT2D eigenvalue weighted by atomic mass is 31.2. The Hall–Kier alpha value is -1.77. The lowest BCUT2D eigenvalue weighted by Crippen LogP contribution is -2.07. The van der Waals surface area contributed by atoms with E-state index >= 15 is 0 Å². The Morgan fingerprint density at radius 3 is 2.19 bits per heavy atom. The third-order valence-corrected chi connectivity index (χ3v) is 5.36. The smallest absolute Gasteiger partial charge is 0.395 e. The molecule has 5 heteroatoms. The van der Waals surface area contributed by atoms with Gasteiger partial charge in [0.05, 0.1) is 6.61 Å². The number of phosphoric ester groups is 1. The number of unbranched alkanes of at least 4 members (excludes halogenated alkanes) is 5. The van der Waals surface area contributed by atoms with E-state index in [2.05, 4.69) is 6.92 Å². The molecular formula is C21H29O4P. The molecule has 142 valence electrons. The van der Waals surface area contributed by atoms with E-state index in [0.717, 1.165) is 18.4 Å². The van der Waals surface area contributed by atoms with Gasteiger partial charge >= 0.3 is 7.82 Å². The quantitative estimate of drug-likeness (QED) is 0.297. The molecule has 1 atom stereocenters. The Kier molecular flexibility index (Phi) is 8.73. The van der Waals surface area contributed by atoms with E-state index in [0.29, 0.717) is 18.1 Å². The summed E-state index contributed by atoms with van der Waals surface area (Å²) in [5, 5.41) is 0. The van der Waals surface area contributed by atoms with Gasteiger partial charge in [-0.15, -0.1) is 0 Å². The largest absolute Gasteiger partial charge is 0.587 e. The summed E-state index contributed by atoms with van der Waals surface area (Å²) < 4.78 is 30.1. The Morgan fingerprint density at radius 2 is 1.46 bits per heavy atom. The average molecular weight is 376 g/mol. The molecular weight excluding hydrogens is 347 g/mol. The van der Waals surface area contributed by atoms with Gasteiger partial charge in [0.25, 0.3) is 0 Å². The van der Waals surface area contributed by atoms with Crippen LogP contribution in [0.25, 0.3) is 0 Å². The summed E-state index contributed by atoms with van der Waals surface area (Å²) in [7, 11) is -3.75. The molecule has 2 aromatic carbocycles. The zero-order chi connectivity index (χ0) is 18.7. The molecule has 2 rings (SSSR count). The maximum atomic E-state index is 13.2. The van der Waals surface area contributed by atoms with Crippen molar-refractivity contribution in [2.75, 3.05) is 6.61 Å². The Labute approximate surface area is 157 Å². The van der Waals surface area contributed by atoms with Crippen LogP contribution < -0.4 is 9.05 Å². The first kappa shape index (κ1) is 20.5. The first-order chi connectivity index (χ1) is 12.6. The lowest BCUT2D eigenvalue weighted by Gasteiger charge is -2.20. The summed E-state index contributed by atoms with van der Waals surface area (Å²) in [6.07, 6.45) is 6.76. The Morgan fingerprint density at radius 1 is 0.808 bits per heavy atom. The average Bonchev–Trinajstić information content (AvgIpc) is 2.64. The van der Waals surface area contributed by atoms with Crippen LogP contribution in [-0.4, -0.2) is 6.61 Å².